The van der Waals surface area contributed by atoms with Crippen molar-refractivity contribution in [1.29, 1.82) is 0 Å². The number of guanidine groups is 1. The molecule has 0 aliphatic rings. The number of carbonyl (C=O) groups is 1. The van der Waals surface area contributed by atoms with Crippen molar-refractivity contribution < 1.29 is 14.3 Å². The summed E-state index contributed by atoms with van der Waals surface area (Å²) in [6.07, 6.45) is 0. The van der Waals surface area contributed by atoms with Crippen LogP contribution >= 0.6 is 24.0 Å². The van der Waals surface area contributed by atoms with Crippen LogP contribution in [0.5, 0.6) is 11.5 Å². The minimum absolute atomic E-state index is 0. The van der Waals surface area contributed by atoms with Gasteiger partial charge in [0.1, 0.15) is 11.5 Å². The number of nitrogens with zero attached hydrogens (tertiary/aromatic N) is 1. The van der Waals surface area contributed by atoms with Crippen LogP contribution in [0.15, 0.2) is 53.5 Å². The zero-order valence-corrected chi connectivity index (χ0v) is 19.4. The van der Waals surface area contributed by atoms with E-state index in [2.05, 4.69) is 20.9 Å². The number of hydrogen-bond acceptors (Lipinski definition) is 4. The van der Waals surface area contributed by atoms with E-state index in [-0.39, 0.29) is 29.9 Å². The van der Waals surface area contributed by atoms with Crippen molar-refractivity contribution in [1.82, 2.24) is 16.0 Å². The highest BCUT2D eigenvalue weighted by molar-refractivity contribution is 14.0. The lowest BCUT2D eigenvalue weighted by Crippen LogP contribution is -2.41. The normalized spacial score (nSPS) is 10.5. The van der Waals surface area contributed by atoms with Crippen LogP contribution in [0.2, 0.25) is 0 Å². The third kappa shape index (κ3) is 8.18. The molecular weight excluding hydrogens is 483 g/mol. The quantitative estimate of drug-likeness (QED) is 0.208. The van der Waals surface area contributed by atoms with Gasteiger partial charge in [0.15, 0.2) is 5.96 Å². The van der Waals surface area contributed by atoms with Crippen molar-refractivity contribution in [3.05, 3.63) is 59.7 Å². The Hall–Kier alpha value is -2.49. The lowest BCUT2D eigenvalue weighted by atomic mass is 10.2. The number of aliphatic imine (C=N–C) groups is 1. The molecule has 8 heteroatoms. The number of amides is 1. The third-order valence-corrected chi connectivity index (χ3v) is 3.98. The van der Waals surface area contributed by atoms with E-state index in [0.717, 1.165) is 23.6 Å². The molecule has 3 N–H and O–H groups in total. The minimum Gasteiger partial charge on any atom is -0.497 e. The number of benzene rings is 2. The zero-order valence-electron chi connectivity index (χ0n) is 17.0. The van der Waals surface area contributed by atoms with Crippen LogP contribution in [0.1, 0.15) is 22.8 Å². The highest BCUT2D eigenvalue weighted by Gasteiger charge is 2.06. The molecule has 0 aliphatic carbocycles. The van der Waals surface area contributed by atoms with Gasteiger partial charge in [-0.2, -0.15) is 0 Å². The molecule has 29 heavy (non-hydrogen) atoms. The highest BCUT2D eigenvalue weighted by atomic mass is 127. The molecule has 0 radical (unpaired) electrons. The van der Waals surface area contributed by atoms with Crippen LogP contribution in [0.3, 0.4) is 0 Å². The summed E-state index contributed by atoms with van der Waals surface area (Å²) in [6.45, 7) is 4.25. The van der Waals surface area contributed by atoms with E-state index < -0.39 is 0 Å². The highest BCUT2D eigenvalue weighted by Crippen LogP contribution is 2.25. The molecule has 2 aromatic rings. The maximum absolute atomic E-state index is 12.0. The Morgan fingerprint density at radius 1 is 0.966 bits per heavy atom. The number of hydrogen-bond donors (Lipinski definition) is 3. The van der Waals surface area contributed by atoms with Crippen molar-refractivity contribution in [2.24, 2.45) is 4.99 Å². The first kappa shape index (κ1) is 24.5. The minimum atomic E-state index is -0.0905. The Kier molecular flexibility index (Phi) is 11.6. The van der Waals surface area contributed by atoms with Gasteiger partial charge in [0, 0.05) is 36.8 Å². The molecule has 158 valence electrons. The van der Waals surface area contributed by atoms with Gasteiger partial charge in [-0.3, -0.25) is 4.79 Å². The summed E-state index contributed by atoms with van der Waals surface area (Å²) >= 11 is 0. The van der Waals surface area contributed by atoms with E-state index in [4.69, 9.17) is 9.47 Å². The molecule has 0 bridgehead atoms. The molecule has 0 atom stereocenters. The Morgan fingerprint density at radius 3 is 2.34 bits per heavy atom. The number of halogens is 1. The van der Waals surface area contributed by atoms with Crippen LogP contribution in [-0.2, 0) is 6.54 Å². The van der Waals surface area contributed by atoms with Crippen molar-refractivity contribution in [2.75, 3.05) is 33.9 Å². The molecule has 0 saturated carbocycles. The summed E-state index contributed by atoms with van der Waals surface area (Å²) in [6, 6.07) is 14.8. The molecule has 0 unspecified atom stereocenters. The fraction of sp³-hybridized carbons (Fsp3) is 0.333. The van der Waals surface area contributed by atoms with Crippen molar-refractivity contribution in [2.45, 2.75) is 13.5 Å². The van der Waals surface area contributed by atoms with E-state index in [9.17, 15) is 4.79 Å². The fourth-order valence-electron chi connectivity index (χ4n) is 2.54. The molecule has 0 fully saturated rings. The maximum atomic E-state index is 12.0. The molecule has 0 aliphatic heterocycles. The average Bonchev–Trinajstić information content (AvgIpc) is 2.75. The van der Waals surface area contributed by atoms with Crippen LogP contribution < -0.4 is 25.4 Å². The summed E-state index contributed by atoms with van der Waals surface area (Å²) in [5.74, 6) is 2.06. The number of ether oxygens (including phenoxy) is 2. The molecule has 2 rings (SSSR count). The number of methoxy groups -OCH3 is 2. The van der Waals surface area contributed by atoms with Crippen molar-refractivity contribution in [3.63, 3.8) is 0 Å². The summed E-state index contributed by atoms with van der Waals surface area (Å²) < 4.78 is 10.6. The van der Waals surface area contributed by atoms with Crippen LogP contribution in [0.25, 0.3) is 0 Å². The van der Waals surface area contributed by atoms with Crippen molar-refractivity contribution in [3.8, 4) is 11.5 Å². The average molecular weight is 512 g/mol. The predicted molar refractivity (Wildman–Crippen MR) is 127 cm³/mol. The van der Waals surface area contributed by atoms with Gasteiger partial charge in [0.25, 0.3) is 5.91 Å². The van der Waals surface area contributed by atoms with Gasteiger partial charge in [-0.25, -0.2) is 4.99 Å². The zero-order chi connectivity index (χ0) is 20.2. The molecule has 2 aromatic carbocycles. The van der Waals surface area contributed by atoms with Crippen LogP contribution in [0, 0.1) is 0 Å². The van der Waals surface area contributed by atoms with E-state index in [0.29, 0.717) is 31.2 Å². The largest absolute Gasteiger partial charge is 0.497 e. The summed E-state index contributed by atoms with van der Waals surface area (Å²) in [7, 11) is 3.25. The van der Waals surface area contributed by atoms with Gasteiger partial charge in [-0.15, -0.1) is 24.0 Å². The number of rotatable bonds is 9. The Balaban J connectivity index is 0.00000420. The van der Waals surface area contributed by atoms with Crippen LogP contribution in [0.4, 0.5) is 0 Å². The van der Waals surface area contributed by atoms with E-state index in [1.165, 1.54) is 0 Å². The fourth-order valence-corrected chi connectivity index (χ4v) is 2.54. The number of carbonyl (C=O) groups excluding carboxylic acids is 1. The second-order valence-corrected chi connectivity index (χ2v) is 5.92. The molecule has 7 nitrogen and oxygen atoms in total. The monoisotopic (exact) mass is 512 g/mol. The second-order valence-electron chi connectivity index (χ2n) is 5.92. The van der Waals surface area contributed by atoms with Crippen molar-refractivity contribution >= 4 is 35.8 Å². The van der Waals surface area contributed by atoms with Gasteiger partial charge >= 0.3 is 0 Å². The SMILES string of the molecule is CCNC(=NCc1ccc(OC)cc1OC)NCCNC(=O)c1ccccc1.I. The standard InChI is InChI=1S/C21H28N4O3.HI/c1-4-22-21(24-13-12-23-20(26)16-8-6-5-7-9-16)25-15-17-10-11-18(27-2)14-19(17)28-3;/h5-11,14H,4,12-13,15H2,1-3H3,(H,23,26)(H2,22,24,25);1H. The molecule has 0 saturated heterocycles. The molecule has 0 aromatic heterocycles. The predicted octanol–water partition coefficient (Wildman–Crippen LogP) is 2.81. The summed E-state index contributed by atoms with van der Waals surface area (Å²) in [5.41, 5.74) is 1.60. The Labute approximate surface area is 189 Å². The molecule has 0 spiro atoms. The Morgan fingerprint density at radius 2 is 1.69 bits per heavy atom. The van der Waals surface area contributed by atoms with Crippen LogP contribution in [-0.4, -0.2) is 45.7 Å². The topological polar surface area (TPSA) is 84.0 Å². The van der Waals surface area contributed by atoms with E-state index >= 15 is 0 Å². The maximum Gasteiger partial charge on any atom is 0.251 e. The first-order valence-corrected chi connectivity index (χ1v) is 9.24. The molecular formula is C21H29IN4O3. The summed E-state index contributed by atoms with van der Waals surface area (Å²) in [5, 5.41) is 9.29. The van der Waals surface area contributed by atoms with E-state index in [1.807, 2.05) is 43.3 Å². The molecule has 0 heterocycles. The molecule has 1 amide bonds. The second kappa shape index (κ2) is 13.6. The van der Waals surface area contributed by atoms with Gasteiger partial charge in [0.05, 0.1) is 20.8 Å². The van der Waals surface area contributed by atoms with E-state index in [1.54, 1.807) is 26.4 Å². The van der Waals surface area contributed by atoms with Gasteiger partial charge < -0.3 is 25.4 Å². The van der Waals surface area contributed by atoms with Gasteiger partial charge in [-0.1, -0.05) is 18.2 Å². The lowest BCUT2D eigenvalue weighted by Gasteiger charge is -2.13. The lowest BCUT2D eigenvalue weighted by molar-refractivity contribution is 0.0954. The smallest absolute Gasteiger partial charge is 0.251 e. The summed E-state index contributed by atoms with van der Waals surface area (Å²) in [4.78, 5) is 16.6. The number of nitrogens with one attached hydrogen (secondary N) is 3. The first-order valence-electron chi connectivity index (χ1n) is 9.24. The van der Waals surface area contributed by atoms with Gasteiger partial charge in [-0.05, 0) is 31.2 Å². The first-order chi connectivity index (χ1) is 13.7. The third-order valence-electron chi connectivity index (χ3n) is 3.98. The Bertz CT molecular complexity index is 785. The van der Waals surface area contributed by atoms with Gasteiger partial charge in [0.2, 0.25) is 0 Å².